The summed E-state index contributed by atoms with van der Waals surface area (Å²) in [5.41, 5.74) is 19.4. The molecule has 0 N–H and O–H groups in total. The van der Waals surface area contributed by atoms with Crippen molar-refractivity contribution in [2.45, 2.75) is 78.6 Å². The van der Waals surface area contributed by atoms with Crippen molar-refractivity contribution in [1.82, 2.24) is 4.57 Å². The standard InChI is InChI=1S/C66H57BN2OS/c1-64(2,3)44-25-22-41(23-26-44)43-35-57-63-59(36-43)70-58-33-29-47(68-53-31-27-45(65(4,5)6)37-49(53)50-38-46(66(7,8)9)28-32-54(50)68)39-52(58)67(63)51-34-42(40-16-11-10-12-17-40)24-30-55(51)69(57)56-19-15-21-61-62(56)48-18-13-14-20-60(48)71-61/h10-39H,1-9H3. The Hall–Kier alpha value is -7.34. The number of rotatable bonds is 4. The van der Waals surface area contributed by atoms with Gasteiger partial charge in [0, 0.05) is 48.0 Å². The van der Waals surface area contributed by atoms with E-state index in [1.807, 2.05) is 11.3 Å². The average molecular weight is 937 g/mol. The van der Waals surface area contributed by atoms with Crippen LogP contribution in [0.2, 0.25) is 0 Å². The summed E-state index contributed by atoms with van der Waals surface area (Å²) in [5, 5.41) is 5.11. The van der Waals surface area contributed by atoms with E-state index in [1.54, 1.807) is 0 Å². The molecule has 2 aliphatic heterocycles. The minimum absolute atomic E-state index is 0.0111. The normalized spacial score (nSPS) is 13.5. The smallest absolute Gasteiger partial charge is 0.256 e. The summed E-state index contributed by atoms with van der Waals surface area (Å²) in [6.07, 6.45) is 0. The Morgan fingerprint density at radius 1 is 0.408 bits per heavy atom. The van der Waals surface area contributed by atoms with E-state index >= 15 is 0 Å². The summed E-state index contributed by atoms with van der Waals surface area (Å²) >= 11 is 1.87. The van der Waals surface area contributed by atoms with Gasteiger partial charge in [-0.15, -0.1) is 11.3 Å². The Morgan fingerprint density at radius 3 is 1.72 bits per heavy atom. The van der Waals surface area contributed by atoms with Crippen molar-refractivity contribution in [2.75, 3.05) is 4.90 Å². The number of hydrogen-bond donors (Lipinski definition) is 0. The largest absolute Gasteiger partial charge is 0.458 e. The van der Waals surface area contributed by atoms with Crippen molar-refractivity contribution < 1.29 is 4.74 Å². The number of hydrogen-bond acceptors (Lipinski definition) is 3. The predicted octanol–water partition coefficient (Wildman–Crippen LogP) is 16.8. The Labute approximate surface area is 422 Å². The van der Waals surface area contributed by atoms with Crippen LogP contribution in [0.4, 0.5) is 17.1 Å². The van der Waals surface area contributed by atoms with Crippen LogP contribution in [0, 0.1) is 0 Å². The number of thiophene rings is 1. The fourth-order valence-corrected chi connectivity index (χ4v) is 12.6. The van der Waals surface area contributed by atoms with E-state index in [1.165, 1.54) is 97.7 Å². The molecule has 0 aliphatic carbocycles. The maximum atomic E-state index is 7.34. The summed E-state index contributed by atoms with van der Waals surface area (Å²) in [5.74, 6) is 1.78. The van der Waals surface area contributed by atoms with Gasteiger partial charge in [-0.1, -0.05) is 165 Å². The summed E-state index contributed by atoms with van der Waals surface area (Å²) in [6, 6.07) is 68.8. The van der Waals surface area contributed by atoms with Crippen LogP contribution in [0.1, 0.15) is 79.0 Å². The molecule has 9 aromatic carbocycles. The minimum atomic E-state index is -0.123. The number of nitrogens with zero attached hydrogens (tertiary/aromatic N) is 2. The van der Waals surface area contributed by atoms with Crippen LogP contribution < -0.4 is 26.0 Å². The van der Waals surface area contributed by atoms with Crippen LogP contribution >= 0.6 is 11.3 Å². The molecule has 0 unspecified atom stereocenters. The first kappa shape index (κ1) is 43.7. The van der Waals surface area contributed by atoms with Gasteiger partial charge < -0.3 is 14.2 Å². The summed E-state index contributed by atoms with van der Waals surface area (Å²) in [6.45, 7) is 20.6. The third kappa shape index (κ3) is 6.99. The molecular weight excluding hydrogens is 880 g/mol. The molecule has 346 valence electrons. The van der Waals surface area contributed by atoms with Gasteiger partial charge >= 0.3 is 0 Å². The number of fused-ring (bicyclic) bond motifs is 10. The average Bonchev–Trinajstić information content (AvgIpc) is 3.91. The number of aromatic nitrogens is 1. The van der Waals surface area contributed by atoms with Gasteiger partial charge in [0.15, 0.2) is 0 Å². The van der Waals surface area contributed by atoms with Crippen LogP contribution in [-0.2, 0) is 16.2 Å². The van der Waals surface area contributed by atoms with Gasteiger partial charge in [0.1, 0.15) is 11.5 Å². The van der Waals surface area contributed by atoms with Gasteiger partial charge in [-0.25, -0.2) is 0 Å². The molecule has 0 atom stereocenters. The van der Waals surface area contributed by atoms with Crippen LogP contribution in [0.5, 0.6) is 11.5 Å². The van der Waals surface area contributed by atoms with E-state index in [4.69, 9.17) is 4.74 Å². The summed E-state index contributed by atoms with van der Waals surface area (Å²) < 4.78 is 12.4. The first-order valence-electron chi connectivity index (χ1n) is 25.2. The molecule has 0 spiro atoms. The highest BCUT2D eigenvalue weighted by Gasteiger charge is 2.43. The lowest BCUT2D eigenvalue weighted by Crippen LogP contribution is -2.59. The molecule has 0 amide bonds. The molecule has 0 saturated carbocycles. The molecule has 4 heterocycles. The Morgan fingerprint density at radius 2 is 1.03 bits per heavy atom. The van der Waals surface area contributed by atoms with Crippen LogP contribution in [-0.4, -0.2) is 11.3 Å². The lowest BCUT2D eigenvalue weighted by Gasteiger charge is -2.41. The fourth-order valence-electron chi connectivity index (χ4n) is 11.5. The third-order valence-electron chi connectivity index (χ3n) is 15.3. The fraction of sp³-hybridized carbons (Fsp3) is 0.182. The van der Waals surface area contributed by atoms with Gasteiger partial charge in [-0.3, -0.25) is 0 Å². The molecule has 0 bridgehead atoms. The zero-order valence-corrected chi connectivity index (χ0v) is 42.9. The second-order valence-electron chi connectivity index (χ2n) is 23.0. The number of anilines is 3. The van der Waals surface area contributed by atoms with Crippen molar-refractivity contribution in [3.63, 3.8) is 0 Å². The van der Waals surface area contributed by atoms with E-state index in [0.717, 1.165) is 33.9 Å². The quantitative estimate of drug-likeness (QED) is 0.164. The topological polar surface area (TPSA) is 17.4 Å². The Bertz CT molecular complexity index is 3900. The van der Waals surface area contributed by atoms with E-state index in [2.05, 4.69) is 254 Å². The SMILES string of the molecule is CC(C)(C)c1ccc(-c2cc3c4c(c2)N(c2cccc5sc6ccccc6c25)c2ccc(-c5ccccc5)cc2B4c2cc(-n4c5ccc(C(C)(C)C)cc5c5cc(C(C)(C)C)ccc54)ccc2O3)cc1. The first-order valence-corrected chi connectivity index (χ1v) is 26.0. The highest BCUT2D eigenvalue weighted by molar-refractivity contribution is 7.26. The van der Waals surface area contributed by atoms with Gasteiger partial charge in [0.05, 0.1) is 16.7 Å². The highest BCUT2D eigenvalue weighted by atomic mass is 32.1. The Kier molecular flexibility index (Phi) is 9.58. The van der Waals surface area contributed by atoms with Crippen molar-refractivity contribution in [3.8, 4) is 39.4 Å². The van der Waals surface area contributed by atoms with E-state index in [-0.39, 0.29) is 23.0 Å². The van der Waals surface area contributed by atoms with Gasteiger partial charge in [-0.2, -0.15) is 0 Å². The van der Waals surface area contributed by atoms with Crippen LogP contribution in [0.25, 0.3) is 69.9 Å². The molecule has 5 heteroatoms. The number of ether oxygens (including phenoxy) is 1. The maximum Gasteiger partial charge on any atom is 0.256 e. The third-order valence-corrected chi connectivity index (χ3v) is 16.5. The molecule has 13 rings (SSSR count). The maximum absolute atomic E-state index is 7.34. The molecular formula is C66H57BN2OS. The molecule has 11 aromatic rings. The first-order chi connectivity index (χ1) is 34.1. The zero-order valence-electron chi connectivity index (χ0n) is 42.1. The van der Waals surface area contributed by atoms with Gasteiger partial charge in [0.25, 0.3) is 6.71 Å². The van der Waals surface area contributed by atoms with E-state index in [0.29, 0.717) is 0 Å². The zero-order chi connectivity index (χ0) is 48.7. The number of benzene rings is 9. The summed E-state index contributed by atoms with van der Waals surface area (Å²) in [4.78, 5) is 2.55. The van der Waals surface area contributed by atoms with Gasteiger partial charge in [-0.05, 0) is 150 Å². The van der Waals surface area contributed by atoms with Gasteiger partial charge in [0.2, 0.25) is 0 Å². The lowest BCUT2D eigenvalue weighted by atomic mass is 9.34. The lowest BCUT2D eigenvalue weighted by molar-refractivity contribution is 0.487. The Balaban J connectivity index is 1.09. The molecule has 0 radical (unpaired) electrons. The monoisotopic (exact) mass is 936 g/mol. The second kappa shape index (κ2) is 15.6. The summed E-state index contributed by atoms with van der Waals surface area (Å²) in [7, 11) is 0. The highest BCUT2D eigenvalue weighted by Crippen LogP contribution is 2.49. The van der Waals surface area contributed by atoms with Crippen molar-refractivity contribution in [3.05, 3.63) is 199 Å². The van der Waals surface area contributed by atoms with Crippen LogP contribution in [0.3, 0.4) is 0 Å². The van der Waals surface area contributed by atoms with E-state index in [9.17, 15) is 0 Å². The molecule has 0 fully saturated rings. The molecule has 71 heavy (non-hydrogen) atoms. The second-order valence-corrected chi connectivity index (χ2v) is 24.1. The van der Waals surface area contributed by atoms with Crippen molar-refractivity contribution in [1.29, 1.82) is 0 Å². The van der Waals surface area contributed by atoms with E-state index < -0.39 is 0 Å². The van der Waals surface area contributed by atoms with Crippen LogP contribution in [0.15, 0.2) is 182 Å². The molecule has 0 saturated heterocycles. The molecule has 2 aromatic heterocycles. The predicted molar refractivity (Wildman–Crippen MR) is 306 cm³/mol. The van der Waals surface area contributed by atoms with Crippen molar-refractivity contribution in [2.24, 2.45) is 0 Å². The molecule has 3 nitrogen and oxygen atoms in total. The van der Waals surface area contributed by atoms with Crippen molar-refractivity contribution >= 4 is 93.5 Å². The minimum Gasteiger partial charge on any atom is -0.458 e. The molecule has 2 aliphatic rings.